The number of aromatic nitrogens is 3. The van der Waals surface area contributed by atoms with E-state index in [0.717, 1.165) is 23.4 Å². The Labute approximate surface area is 237 Å². The summed E-state index contributed by atoms with van der Waals surface area (Å²) in [5.74, 6) is -0.584. The van der Waals surface area contributed by atoms with Gasteiger partial charge in [0.1, 0.15) is 12.9 Å². The minimum absolute atomic E-state index is 0.0437. The van der Waals surface area contributed by atoms with E-state index in [0.29, 0.717) is 23.9 Å². The number of fused-ring (bicyclic) bond motifs is 1. The van der Waals surface area contributed by atoms with Crippen molar-refractivity contribution < 1.29 is 27.5 Å². The molecule has 0 fully saturated rings. The molecule has 0 saturated carbocycles. The molecule has 1 amide bonds. The van der Waals surface area contributed by atoms with Gasteiger partial charge >= 0.3 is 6.18 Å². The Morgan fingerprint density at radius 1 is 1.10 bits per heavy atom. The van der Waals surface area contributed by atoms with Crippen molar-refractivity contribution in [3.63, 3.8) is 0 Å². The Morgan fingerprint density at radius 2 is 1.85 bits per heavy atom. The fourth-order valence-electron chi connectivity index (χ4n) is 3.98. The number of carbonyl (C=O) groups excluding carboxylic acids is 1. The number of likely N-dealkylation sites (N-methyl/N-ethyl adjacent to an activating group) is 1. The van der Waals surface area contributed by atoms with Gasteiger partial charge in [-0.15, -0.1) is 4.73 Å². The fourth-order valence-corrected chi connectivity index (χ4v) is 4.20. The lowest BCUT2D eigenvalue weighted by molar-refractivity contribution is -0.137. The molecule has 41 heavy (non-hydrogen) atoms. The number of nitrogens with zero attached hydrogens (tertiary/aromatic N) is 4. The van der Waals surface area contributed by atoms with Crippen molar-refractivity contribution in [3.05, 3.63) is 75.2 Å². The monoisotopic (exact) mass is 590 g/mol. The Bertz CT molecular complexity index is 1660. The molecule has 0 saturated heterocycles. The number of methoxy groups -OCH3 is 1. The van der Waals surface area contributed by atoms with Gasteiger partial charge in [-0.1, -0.05) is 11.6 Å². The average Bonchev–Trinajstić information content (AvgIpc) is 2.93. The zero-order valence-corrected chi connectivity index (χ0v) is 23.2. The molecule has 2 heterocycles. The van der Waals surface area contributed by atoms with E-state index in [-0.39, 0.29) is 38.8 Å². The van der Waals surface area contributed by atoms with Gasteiger partial charge < -0.3 is 25.1 Å². The molecule has 0 aliphatic heterocycles. The predicted molar refractivity (Wildman–Crippen MR) is 150 cm³/mol. The van der Waals surface area contributed by atoms with Crippen LogP contribution in [0.15, 0.2) is 53.5 Å². The van der Waals surface area contributed by atoms with Gasteiger partial charge in [0.05, 0.1) is 23.8 Å². The molecular formula is C27H26ClF3N6O4. The third-order valence-corrected chi connectivity index (χ3v) is 6.34. The molecule has 0 bridgehead atoms. The highest BCUT2D eigenvalue weighted by Crippen LogP contribution is 2.34. The summed E-state index contributed by atoms with van der Waals surface area (Å²) < 4.78 is 45.8. The summed E-state index contributed by atoms with van der Waals surface area (Å²) in [6.07, 6.45) is -3.13. The van der Waals surface area contributed by atoms with Crippen LogP contribution in [0.4, 0.5) is 24.8 Å². The van der Waals surface area contributed by atoms with Crippen molar-refractivity contribution in [2.24, 2.45) is 0 Å². The van der Waals surface area contributed by atoms with Crippen LogP contribution in [0.5, 0.6) is 5.75 Å². The molecule has 0 unspecified atom stereocenters. The number of rotatable bonds is 9. The molecule has 0 aliphatic carbocycles. The number of hydrogen-bond donors (Lipinski definition) is 2. The van der Waals surface area contributed by atoms with Gasteiger partial charge in [-0.05, 0) is 56.6 Å². The number of nitrogens with one attached hydrogen (secondary N) is 2. The molecule has 0 atom stereocenters. The summed E-state index contributed by atoms with van der Waals surface area (Å²) in [5, 5.41) is 6.29. The smallest absolute Gasteiger partial charge is 0.416 e. The number of hydrogen-bond acceptors (Lipinski definition) is 8. The summed E-state index contributed by atoms with van der Waals surface area (Å²) in [7, 11) is 6.42. The summed E-state index contributed by atoms with van der Waals surface area (Å²) in [4.78, 5) is 42.5. The molecule has 2 aromatic carbocycles. The summed E-state index contributed by atoms with van der Waals surface area (Å²) in [6.45, 7) is 1.32. The molecule has 10 nitrogen and oxygen atoms in total. The van der Waals surface area contributed by atoms with Crippen LogP contribution in [0.2, 0.25) is 5.02 Å². The second kappa shape index (κ2) is 12.0. The van der Waals surface area contributed by atoms with E-state index >= 15 is 0 Å². The summed E-state index contributed by atoms with van der Waals surface area (Å²) in [6, 6.07) is 8.47. The molecular weight excluding hydrogens is 565 g/mol. The zero-order chi connectivity index (χ0) is 29.9. The Morgan fingerprint density at radius 3 is 2.51 bits per heavy atom. The second-order valence-electron chi connectivity index (χ2n) is 9.10. The Balaban J connectivity index is 1.71. The van der Waals surface area contributed by atoms with Gasteiger partial charge in [-0.3, -0.25) is 9.59 Å². The number of carbonyl (C=O) groups is 1. The Kier molecular flexibility index (Phi) is 8.69. The van der Waals surface area contributed by atoms with Crippen LogP contribution in [0.3, 0.4) is 0 Å². The maximum atomic E-state index is 13.4. The quantitative estimate of drug-likeness (QED) is 0.295. The second-order valence-corrected chi connectivity index (χ2v) is 9.51. The van der Waals surface area contributed by atoms with E-state index in [9.17, 15) is 22.8 Å². The van der Waals surface area contributed by atoms with Crippen LogP contribution in [-0.2, 0) is 6.18 Å². The van der Waals surface area contributed by atoms with Crippen molar-refractivity contribution in [1.29, 1.82) is 0 Å². The normalized spacial score (nSPS) is 11.5. The first-order valence-electron chi connectivity index (χ1n) is 12.1. The number of halogens is 4. The van der Waals surface area contributed by atoms with Crippen LogP contribution in [0, 0.1) is 0 Å². The number of amides is 1. The van der Waals surface area contributed by atoms with Crippen molar-refractivity contribution in [3.8, 4) is 16.9 Å². The highest BCUT2D eigenvalue weighted by Gasteiger charge is 2.32. The van der Waals surface area contributed by atoms with Gasteiger partial charge in [-0.25, -0.2) is 4.98 Å². The summed E-state index contributed by atoms with van der Waals surface area (Å²) in [5.41, 5.74) is -1.15. The lowest BCUT2D eigenvalue weighted by Gasteiger charge is -2.15. The predicted octanol–water partition coefficient (Wildman–Crippen LogP) is 4.42. The maximum absolute atomic E-state index is 13.4. The standard InChI is InChI=1S/C27H26ClF3N6O4/c1-36(2)10-9-32-26-33-14-15-11-19(25(39)37(41-4)23(15)35-26)18-13-17(6-7-21(18)28)34-24(38)20-12-16(27(29,30)31)5-8-22(20)40-3/h5-8,11-14H,9-10H2,1-4H3,(H,34,38)(H,32,33,35). The van der Waals surface area contributed by atoms with Gasteiger partial charge in [-0.2, -0.15) is 18.2 Å². The first-order chi connectivity index (χ1) is 19.4. The molecule has 4 rings (SSSR count). The van der Waals surface area contributed by atoms with E-state index in [1.807, 2.05) is 19.0 Å². The molecule has 2 aromatic heterocycles. The van der Waals surface area contributed by atoms with Crippen LogP contribution < -0.4 is 25.8 Å². The minimum Gasteiger partial charge on any atom is -0.496 e. The van der Waals surface area contributed by atoms with Crippen LogP contribution >= 0.6 is 11.6 Å². The highest BCUT2D eigenvalue weighted by atomic mass is 35.5. The van der Waals surface area contributed by atoms with E-state index in [2.05, 4.69) is 20.6 Å². The molecule has 0 radical (unpaired) electrons. The van der Waals surface area contributed by atoms with Crippen molar-refractivity contribution in [1.82, 2.24) is 19.6 Å². The average molecular weight is 591 g/mol. The third-order valence-electron chi connectivity index (χ3n) is 6.01. The van der Waals surface area contributed by atoms with Crippen molar-refractivity contribution >= 4 is 40.2 Å². The Hall–Kier alpha value is -4.36. The first-order valence-corrected chi connectivity index (χ1v) is 12.5. The topological polar surface area (TPSA) is 111 Å². The number of pyridine rings is 1. The van der Waals surface area contributed by atoms with E-state index in [4.69, 9.17) is 21.2 Å². The number of benzene rings is 2. The number of ether oxygens (including phenoxy) is 1. The van der Waals surface area contributed by atoms with Crippen LogP contribution in [0.1, 0.15) is 15.9 Å². The first kappa shape index (κ1) is 29.6. The van der Waals surface area contributed by atoms with Crippen LogP contribution in [0.25, 0.3) is 22.2 Å². The molecule has 0 aliphatic rings. The van der Waals surface area contributed by atoms with E-state index in [1.54, 1.807) is 6.07 Å². The molecule has 216 valence electrons. The maximum Gasteiger partial charge on any atom is 0.416 e. The van der Waals surface area contributed by atoms with Crippen molar-refractivity contribution in [2.45, 2.75) is 6.18 Å². The largest absolute Gasteiger partial charge is 0.496 e. The SMILES string of the molecule is COc1ccc(C(F)(F)F)cc1C(=O)Nc1ccc(Cl)c(-c2cc3cnc(NCCN(C)C)nc3n(OC)c2=O)c1. The van der Waals surface area contributed by atoms with Crippen LogP contribution in [-0.4, -0.2) is 66.9 Å². The number of alkyl halides is 3. The minimum atomic E-state index is -4.65. The fraction of sp³-hybridized carbons (Fsp3) is 0.259. The van der Waals surface area contributed by atoms with Gasteiger partial charge in [0.25, 0.3) is 11.5 Å². The van der Waals surface area contributed by atoms with Gasteiger partial charge in [0, 0.05) is 40.9 Å². The number of anilines is 2. The molecule has 0 spiro atoms. The third kappa shape index (κ3) is 6.52. The molecule has 2 N–H and O–H groups in total. The van der Waals surface area contributed by atoms with Gasteiger partial charge in [0.15, 0.2) is 5.65 Å². The lowest BCUT2D eigenvalue weighted by atomic mass is 10.0. The zero-order valence-electron chi connectivity index (χ0n) is 22.5. The van der Waals surface area contributed by atoms with E-state index < -0.39 is 23.2 Å². The highest BCUT2D eigenvalue weighted by molar-refractivity contribution is 6.33. The lowest BCUT2D eigenvalue weighted by Crippen LogP contribution is -2.28. The molecule has 14 heteroatoms. The van der Waals surface area contributed by atoms with Crippen molar-refractivity contribution in [2.75, 3.05) is 52.0 Å². The van der Waals surface area contributed by atoms with E-state index in [1.165, 1.54) is 38.6 Å². The van der Waals surface area contributed by atoms with Gasteiger partial charge in [0.2, 0.25) is 5.95 Å². The molecule has 4 aromatic rings. The summed E-state index contributed by atoms with van der Waals surface area (Å²) >= 11 is 6.44.